The normalized spacial score (nSPS) is 23.7. The molecule has 0 bridgehead atoms. The highest BCUT2D eigenvalue weighted by atomic mass is 79.9. The van der Waals surface area contributed by atoms with E-state index < -0.39 is 9.84 Å². The van der Waals surface area contributed by atoms with Crippen molar-refractivity contribution >= 4 is 25.8 Å². The lowest BCUT2D eigenvalue weighted by molar-refractivity contribution is 0.414. The van der Waals surface area contributed by atoms with E-state index in [0.717, 1.165) is 17.3 Å². The second kappa shape index (κ2) is 6.37. The van der Waals surface area contributed by atoms with Crippen LogP contribution in [0.25, 0.3) is 0 Å². The molecule has 1 fully saturated rings. The average Bonchev–Trinajstić information content (AvgIpc) is 2.84. The van der Waals surface area contributed by atoms with Crippen LogP contribution in [0.1, 0.15) is 25.7 Å². The van der Waals surface area contributed by atoms with Gasteiger partial charge in [-0.2, -0.15) is 0 Å². The average molecular weight is 346 g/mol. The monoisotopic (exact) mass is 345 g/mol. The predicted octanol–water partition coefficient (Wildman–Crippen LogP) is 3.00. The van der Waals surface area contributed by atoms with Crippen LogP contribution in [-0.4, -0.2) is 27.3 Å². The maximum absolute atomic E-state index is 12.3. The first kappa shape index (κ1) is 15.0. The third-order valence-corrected chi connectivity index (χ3v) is 6.25. The second-order valence-corrected chi connectivity index (χ2v) is 8.17. The zero-order valence-electron chi connectivity index (χ0n) is 11.1. The molecule has 1 aliphatic carbocycles. The highest BCUT2D eigenvalue weighted by Gasteiger charge is 2.27. The maximum Gasteiger partial charge on any atom is 0.178 e. The molecule has 1 aromatic carbocycles. The van der Waals surface area contributed by atoms with Gasteiger partial charge in [-0.1, -0.05) is 22.4 Å². The summed E-state index contributed by atoms with van der Waals surface area (Å²) in [7, 11) is -1.18. The molecule has 3 nitrogen and oxygen atoms in total. The fourth-order valence-electron chi connectivity index (χ4n) is 2.83. The van der Waals surface area contributed by atoms with Crippen LogP contribution >= 0.6 is 15.9 Å². The zero-order chi connectivity index (χ0) is 13.9. The quantitative estimate of drug-likeness (QED) is 0.892. The van der Waals surface area contributed by atoms with Gasteiger partial charge in [0.15, 0.2) is 9.84 Å². The van der Waals surface area contributed by atoms with E-state index in [1.165, 1.54) is 12.8 Å². The highest BCUT2D eigenvalue weighted by molar-refractivity contribution is 9.10. The molecular weight excluding hydrogens is 326 g/mol. The van der Waals surface area contributed by atoms with E-state index in [2.05, 4.69) is 21.2 Å². The van der Waals surface area contributed by atoms with E-state index in [0.29, 0.717) is 16.9 Å². The standard InChI is InChI=1S/C14H20BrNO2S/c1-16-14-4-2-3-11(14)9-10-19(17,18)13-7-5-12(15)6-8-13/h5-8,11,14,16H,2-4,9-10H2,1H3. The summed E-state index contributed by atoms with van der Waals surface area (Å²) in [5, 5.41) is 3.30. The van der Waals surface area contributed by atoms with Crippen LogP contribution in [0.4, 0.5) is 0 Å². The van der Waals surface area contributed by atoms with E-state index in [1.807, 2.05) is 7.05 Å². The molecule has 5 heteroatoms. The van der Waals surface area contributed by atoms with Gasteiger partial charge in [0.25, 0.3) is 0 Å². The van der Waals surface area contributed by atoms with Crippen molar-refractivity contribution in [2.45, 2.75) is 36.6 Å². The minimum Gasteiger partial charge on any atom is -0.317 e. The smallest absolute Gasteiger partial charge is 0.178 e. The van der Waals surface area contributed by atoms with E-state index >= 15 is 0 Å². The number of sulfone groups is 1. The molecule has 1 aromatic rings. The molecule has 0 amide bonds. The van der Waals surface area contributed by atoms with Gasteiger partial charge in [0.2, 0.25) is 0 Å². The molecule has 0 aliphatic heterocycles. The lowest BCUT2D eigenvalue weighted by Crippen LogP contribution is -2.30. The summed E-state index contributed by atoms with van der Waals surface area (Å²) in [6.07, 6.45) is 4.26. The molecule has 0 heterocycles. The number of hydrogen-bond donors (Lipinski definition) is 1. The molecule has 2 unspecified atom stereocenters. The molecule has 0 spiro atoms. The Morgan fingerprint density at radius 2 is 1.95 bits per heavy atom. The third-order valence-electron chi connectivity index (χ3n) is 3.96. The van der Waals surface area contributed by atoms with Gasteiger partial charge in [0.1, 0.15) is 0 Å². The molecule has 19 heavy (non-hydrogen) atoms. The van der Waals surface area contributed by atoms with E-state index in [-0.39, 0.29) is 5.75 Å². The molecule has 0 saturated heterocycles. The number of hydrogen-bond acceptors (Lipinski definition) is 3. The highest BCUT2D eigenvalue weighted by Crippen LogP contribution is 2.29. The SMILES string of the molecule is CNC1CCCC1CCS(=O)(=O)c1ccc(Br)cc1. The fraction of sp³-hybridized carbons (Fsp3) is 0.571. The van der Waals surface area contributed by atoms with Crippen LogP contribution in [0.2, 0.25) is 0 Å². The lowest BCUT2D eigenvalue weighted by Gasteiger charge is -2.18. The molecule has 106 valence electrons. The Morgan fingerprint density at radius 1 is 1.26 bits per heavy atom. The maximum atomic E-state index is 12.3. The van der Waals surface area contributed by atoms with Gasteiger partial charge in [-0.3, -0.25) is 0 Å². The molecule has 0 radical (unpaired) electrons. The van der Waals surface area contributed by atoms with Crippen LogP contribution in [0.5, 0.6) is 0 Å². The van der Waals surface area contributed by atoms with Crippen molar-refractivity contribution in [1.29, 1.82) is 0 Å². The van der Waals surface area contributed by atoms with Gasteiger partial charge >= 0.3 is 0 Å². The second-order valence-electron chi connectivity index (χ2n) is 5.15. The van der Waals surface area contributed by atoms with Gasteiger partial charge < -0.3 is 5.32 Å². The Balaban J connectivity index is 2.00. The molecule has 1 saturated carbocycles. The van der Waals surface area contributed by atoms with Gasteiger partial charge in [-0.05, 0) is 56.5 Å². The molecule has 0 aromatic heterocycles. The Bertz CT molecular complexity index is 513. The van der Waals surface area contributed by atoms with Crippen molar-refractivity contribution in [2.75, 3.05) is 12.8 Å². The minimum atomic E-state index is -3.14. The molecule has 2 rings (SSSR count). The Hall–Kier alpha value is -0.390. The first-order chi connectivity index (χ1) is 9.03. The largest absolute Gasteiger partial charge is 0.317 e. The number of rotatable bonds is 5. The summed E-state index contributed by atoms with van der Waals surface area (Å²) < 4.78 is 25.4. The summed E-state index contributed by atoms with van der Waals surface area (Å²) in [6, 6.07) is 7.38. The molecule has 2 atom stereocenters. The zero-order valence-corrected chi connectivity index (χ0v) is 13.5. The van der Waals surface area contributed by atoms with E-state index in [4.69, 9.17) is 0 Å². The van der Waals surface area contributed by atoms with E-state index in [9.17, 15) is 8.42 Å². The Kier molecular flexibility index (Phi) is 5.03. The predicted molar refractivity (Wildman–Crippen MR) is 81.0 cm³/mol. The van der Waals surface area contributed by atoms with Crippen molar-refractivity contribution in [3.63, 3.8) is 0 Å². The van der Waals surface area contributed by atoms with Crippen molar-refractivity contribution < 1.29 is 8.42 Å². The summed E-state index contributed by atoms with van der Waals surface area (Å²) in [5.41, 5.74) is 0. The van der Waals surface area contributed by atoms with Crippen LogP contribution in [0, 0.1) is 5.92 Å². The summed E-state index contributed by atoms with van der Waals surface area (Å²) >= 11 is 3.32. The molecule has 1 aliphatic rings. The Labute approximate surface area is 123 Å². The van der Waals surface area contributed by atoms with Gasteiger partial charge in [0, 0.05) is 10.5 Å². The van der Waals surface area contributed by atoms with Crippen LogP contribution in [-0.2, 0) is 9.84 Å². The van der Waals surface area contributed by atoms with Crippen molar-refractivity contribution in [3.8, 4) is 0 Å². The summed E-state index contributed by atoms with van der Waals surface area (Å²) in [6.45, 7) is 0. The molecule has 1 N–H and O–H groups in total. The summed E-state index contributed by atoms with van der Waals surface area (Å²) in [4.78, 5) is 0.426. The van der Waals surface area contributed by atoms with Gasteiger partial charge in [-0.25, -0.2) is 8.42 Å². The number of nitrogens with one attached hydrogen (secondary N) is 1. The van der Waals surface area contributed by atoms with Crippen LogP contribution < -0.4 is 5.32 Å². The third kappa shape index (κ3) is 3.80. The van der Waals surface area contributed by atoms with Crippen LogP contribution in [0.3, 0.4) is 0 Å². The Morgan fingerprint density at radius 3 is 2.58 bits per heavy atom. The van der Waals surface area contributed by atoms with Crippen LogP contribution in [0.15, 0.2) is 33.6 Å². The number of halogens is 1. The fourth-order valence-corrected chi connectivity index (χ4v) is 4.49. The van der Waals surface area contributed by atoms with Crippen molar-refractivity contribution in [1.82, 2.24) is 5.32 Å². The topological polar surface area (TPSA) is 46.2 Å². The lowest BCUT2D eigenvalue weighted by atomic mass is 10.0. The van der Waals surface area contributed by atoms with Gasteiger partial charge in [0.05, 0.1) is 10.6 Å². The summed E-state index contributed by atoms with van der Waals surface area (Å²) in [5.74, 6) is 0.743. The molecular formula is C14H20BrNO2S. The minimum absolute atomic E-state index is 0.247. The first-order valence-corrected chi connectivity index (χ1v) is 9.13. The van der Waals surface area contributed by atoms with E-state index in [1.54, 1.807) is 24.3 Å². The van der Waals surface area contributed by atoms with Gasteiger partial charge in [-0.15, -0.1) is 0 Å². The number of benzene rings is 1. The first-order valence-electron chi connectivity index (χ1n) is 6.68. The van der Waals surface area contributed by atoms with Crippen molar-refractivity contribution in [2.24, 2.45) is 5.92 Å². The van der Waals surface area contributed by atoms with Crippen molar-refractivity contribution in [3.05, 3.63) is 28.7 Å².